The van der Waals surface area contributed by atoms with Gasteiger partial charge < -0.3 is 14.2 Å². The molecule has 1 heterocycles. The van der Waals surface area contributed by atoms with E-state index >= 15 is 0 Å². The van der Waals surface area contributed by atoms with Crippen LogP contribution in [0.1, 0.15) is 18.1 Å². The number of hydrogen-bond acceptors (Lipinski definition) is 7. The van der Waals surface area contributed by atoms with E-state index in [0.717, 1.165) is 16.8 Å². The number of esters is 1. The highest BCUT2D eigenvalue weighted by Gasteiger charge is 2.31. The number of rotatable bonds is 8. The molecule has 0 radical (unpaired) electrons. The third-order valence-corrected chi connectivity index (χ3v) is 5.36. The number of alkyl halides is 3. The lowest BCUT2D eigenvalue weighted by Gasteiger charge is -2.13. The van der Waals surface area contributed by atoms with Crippen molar-refractivity contribution in [2.45, 2.75) is 13.1 Å². The Bertz CT molecular complexity index is 1560. The number of carbonyl (C=O) groups excluding carboxylic acids is 1. The van der Waals surface area contributed by atoms with Gasteiger partial charge in [0.2, 0.25) is 0 Å². The maximum atomic E-state index is 13.4. The third kappa shape index (κ3) is 5.83. The summed E-state index contributed by atoms with van der Waals surface area (Å²) in [6, 6.07) is 15.8. The second-order valence-electron chi connectivity index (χ2n) is 7.90. The number of benzene rings is 3. The predicted octanol–water partition coefficient (Wildman–Crippen LogP) is 4.92. The Morgan fingerprint density at radius 3 is 2.55 bits per heavy atom. The molecule has 1 aromatic heterocycles. The van der Waals surface area contributed by atoms with E-state index in [1.807, 2.05) is 0 Å². The molecule has 0 saturated heterocycles. The molecule has 0 amide bonds. The van der Waals surface area contributed by atoms with Crippen LogP contribution in [0.5, 0.6) is 11.5 Å². The van der Waals surface area contributed by atoms with Crippen LogP contribution >= 0.6 is 0 Å². The van der Waals surface area contributed by atoms with Gasteiger partial charge in [-0.1, -0.05) is 24.3 Å². The summed E-state index contributed by atoms with van der Waals surface area (Å²) in [7, 11) is 1.24. The third-order valence-electron chi connectivity index (χ3n) is 5.36. The average molecular weight is 525 g/mol. The largest absolute Gasteiger partial charge is 0.490 e. The highest BCUT2D eigenvalue weighted by Crippen LogP contribution is 2.32. The summed E-state index contributed by atoms with van der Waals surface area (Å²) in [6.07, 6.45) is -3.23. The number of carbonyl (C=O) groups is 1. The number of nitrogens with zero attached hydrogens (tertiary/aromatic N) is 3. The van der Waals surface area contributed by atoms with Crippen molar-refractivity contribution in [1.82, 2.24) is 9.66 Å². The molecule has 196 valence electrons. The summed E-state index contributed by atoms with van der Waals surface area (Å²) in [6.45, 7) is 1.76. The zero-order valence-electron chi connectivity index (χ0n) is 20.4. The fourth-order valence-corrected chi connectivity index (χ4v) is 3.56. The van der Waals surface area contributed by atoms with E-state index in [1.54, 1.807) is 49.4 Å². The van der Waals surface area contributed by atoms with Gasteiger partial charge >= 0.3 is 12.1 Å². The fourth-order valence-electron chi connectivity index (χ4n) is 3.56. The van der Waals surface area contributed by atoms with Crippen LogP contribution in [0.4, 0.5) is 13.2 Å². The second kappa shape index (κ2) is 11.2. The first-order chi connectivity index (χ1) is 18.2. The Morgan fingerprint density at radius 2 is 1.82 bits per heavy atom. The molecule has 0 saturated carbocycles. The molecule has 3 aromatic carbocycles. The number of ether oxygens (including phenoxy) is 3. The molecule has 4 aromatic rings. The smallest absolute Gasteiger partial charge is 0.416 e. The average Bonchev–Trinajstić information content (AvgIpc) is 2.91. The van der Waals surface area contributed by atoms with E-state index in [9.17, 15) is 22.8 Å². The Hall–Kier alpha value is -4.67. The van der Waals surface area contributed by atoms with Gasteiger partial charge in [-0.05, 0) is 55.0 Å². The molecule has 0 aliphatic carbocycles. The van der Waals surface area contributed by atoms with Crippen molar-refractivity contribution in [1.29, 1.82) is 0 Å². The van der Waals surface area contributed by atoms with E-state index < -0.39 is 23.3 Å². The molecule has 8 nitrogen and oxygen atoms in total. The Kier molecular flexibility index (Phi) is 7.75. The van der Waals surface area contributed by atoms with Crippen LogP contribution in [0.15, 0.2) is 76.6 Å². The van der Waals surface area contributed by atoms with Gasteiger partial charge in [0.25, 0.3) is 5.56 Å². The highest BCUT2D eigenvalue weighted by atomic mass is 19.4. The molecule has 0 atom stereocenters. The molecule has 0 fully saturated rings. The minimum atomic E-state index is -4.57. The van der Waals surface area contributed by atoms with E-state index in [2.05, 4.69) is 14.8 Å². The van der Waals surface area contributed by atoms with Gasteiger partial charge in [0, 0.05) is 5.56 Å². The molecular formula is C27H22F3N3O5. The quantitative estimate of drug-likeness (QED) is 0.240. The van der Waals surface area contributed by atoms with Crippen molar-refractivity contribution in [2.24, 2.45) is 5.10 Å². The van der Waals surface area contributed by atoms with Crippen LogP contribution in [0.3, 0.4) is 0 Å². The first kappa shape index (κ1) is 26.4. The van der Waals surface area contributed by atoms with Crippen LogP contribution in [-0.2, 0) is 15.7 Å². The van der Waals surface area contributed by atoms with E-state index in [1.165, 1.54) is 25.5 Å². The monoisotopic (exact) mass is 525 g/mol. The number of para-hydroxylation sites is 1. The summed E-state index contributed by atoms with van der Waals surface area (Å²) in [5.74, 6) is -0.00599. The Balaban J connectivity index is 1.79. The maximum Gasteiger partial charge on any atom is 0.416 e. The highest BCUT2D eigenvalue weighted by molar-refractivity contribution is 5.83. The molecule has 0 N–H and O–H groups in total. The van der Waals surface area contributed by atoms with Gasteiger partial charge in [-0.3, -0.25) is 4.79 Å². The van der Waals surface area contributed by atoms with Gasteiger partial charge in [-0.2, -0.15) is 22.9 Å². The van der Waals surface area contributed by atoms with Crippen molar-refractivity contribution < 1.29 is 32.2 Å². The predicted molar refractivity (Wildman–Crippen MR) is 135 cm³/mol. The molecule has 38 heavy (non-hydrogen) atoms. The molecule has 0 bridgehead atoms. The molecule has 0 aliphatic heterocycles. The molecule has 0 aliphatic rings. The lowest BCUT2D eigenvalue weighted by molar-refractivity contribution is -0.143. The first-order valence-corrected chi connectivity index (χ1v) is 11.4. The zero-order valence-corrected chi connectivity index (χ0v) is 20.4. The van der Waals surface area contributed by atoms with Crippen LogP contribution in [-0.4, -0.2) is 42.2 Å². The van der Waals surface area contributed by atoms with Crippen LogP contribution in [0.25, 0.3) is 22.3 Å². The van der Waals surface area contributed by atoms with E-state index in [0.29, 0.717) is 29.2 Å². The molecule has 0 unspecified atom stereocenters. The number of methoxy groups -OCH3 is 1. The Labute approximate surface area is 214 Å². The lowest BCUT2D eigenvalue weighted by Crippen LogP contribution is -2.20. The van der Waals surface area contributed by atoms with Gasteiger partial charge in [-0.25, -0.2) is 9.78 Å². The van der Waals surface area contributed by atoms with Crippen molar-refractivity contribution in [2.75, 3.05) is 20.3 Å². The van der Waals surface area contributed by atoms with Crippen molar-refractivity contribution in [3.8, 4) is 22.9 Å². The number of aromatic nitrogens is 2. The first-order valence-electron chi connectivity index (χ1n) is 11.4. The van der Waals surface area contributed by atoms with Gasteiger partial charge in [-0.15, -0.1) is 0 Å². The number of fused-ring (bicyclic) bond motifs is 1. The van der Waals surface area contributed by atoms with Gasteiger partial charge in [0.15, 0.2) is 23.9 Å². The van der Waals surface area contributed by atoms with Crippen LogP contribution in [0.2, 0.25) is 0 Å². The fraction of sp³-hybridized carbons (Fsp3) is 0.185. The molecule has 0 spiro atoms. The van der Waals surface area contributed by atoms with Crippen molar-refractivity contribution in [3.63, 3.8) is 0 Å². The molecular weight excluding hydrogens is 503 g/mol. The van der Waals surface area contributed by atoms with Crippen LogP contribution in [0, 0.1) is 0 Å². The molecule has 4 rings (SSSR count). The zero-order chi connectivity index (χ0) is 27.3. The van der Waals surface area contributed by atoms with Gasteiger partial charge in [0.1, 0.15) is 0 Å². The summed E-state index contributed by atoms with van der Waals surface area (Å²) in [5, 5.41) is 4.53. The minimum Gasteiger partial charge on any atom is -0.490 e. The van der Waals surface area contributed by atoms with E-state index in [4.69, 9.17) is 9.47 Å². The second-order valence-corrected chi connectivity index (χ2v) is 7.90. The maximum absolute atomic E-state index is 13.4. The SMILES string of the molecule is CCOc1cc(C=Nn2c(-c3cccc(C(F)(F)F)c3)nc3ccccc3c2=O)ccc1OCC(=O)OC. The van der Waals surface area contributed by atoms with Gasteiger partial charge in [0.05, 0.1) is 36.4 Å². The summed E-state index contributed by atoms with van der Waals surface area (Å²) in [5.41, 5.74) is -0.545. The van der Waals surface area contributed by atoms with E-state index in [-0.39, 0.29) is 23.4 Å². The normalized spacial score (nSPS) is 11.6. The number of halogens is 3. The minimum absolute atomic E-state index is 0.0564. The van der Waals surface area contributed by atoms with Crippen molar-refractivity contribution in [3.05, 3.63) is 88.2 Å². The standard InChI is InChI=1S/C27H22F3N3O5/c1-3-37-23-13-17(11-12-22(23)38-16-24(34)36-2)15-31-33-25(18-7-6-8-19(14-18)27(28,29)30)32-21-10-5-4-9-20(21)26(33)35/h4-15H,3,16H2,1-2H3. The van der Waals surface area contributed by atoms with Crippen molar-refractivity contribution >= 4 is 23.1 Å². The topological polar surface area (TPSA) is 92.0 Å². The summed E-state index contributed by atoms with van der Waals surface area (Å²) < 4.78 is 56.7. The Morgan fingerprint density at radius 1 is 1.03 bits per heavy atom. The number of hydrogen-bond donors (Lipinski definition) is 0. The van der Waals surface area contributed by atoms with Crippen LogP contribution < -0.4 is 15.0 Å². The summed E-state index contributed by atoms with van der Waals surface area (Å²) in [4.78, 5) is 29.2. The lowest BCUT2D eigenvalue weighted by atomic mass is 10.1. The molecule has 11 heteroatoms. The summed E-state index contributed by atoms with van der Waals surface area (Å²) >= 11 is 0.